The monoisotopic (exact) mass is 367 g/mol. The third-order valence-corrected chi connectivity index (χ3v) is 4.81. The van der Waals surface area contributed by atoms with Gasteiger partial charge in [-0.15, -0.1) is 0 Å². The molecule has 0 bridgehead atoms. The number of carbonyl (C=O) groups excluding carboxylic acids is 1. The quantitative estimate of drug-likeness (QED) is 0.655. The van der Waals surface area contributed by atoms with E-state index in [2.05, 4.69) is 15.3 Å². The fraction of sp³-hybridized carbons (Fsp3) is 0.353. The number of benzene rings is 1. The van der Waals surface area contributed by atoms with Crippen LogP contribution in [0.4, 0.5) is 18.9 Å². The van der Waals surface area contributed by atoms with Gasteiger partial charge >= 0.3 is 6.18 Å². The maximum Gasteiger partial charge on any atom is 0.418 e. The lowest BCUT2D eigenvalue weighted by atomic mass is 10.1. The SMILES string of the molecule is Cc1nc(SCC(=O)Nc2ccccc2C(F)(F)F)nc2c1CCC2. The van der Waals surface area contributed by atoms with E-state index < -0.39 is 17.6 Å². The van der Waals surface area contributed by atoms with Gasteiger partial charge in [-0.3, -0.25) is 4.79 Å². The molecule has 1 amide bonds. The minimum absolute atomic E-state index is 0.0512. The Hall–Kier alpha value is -2.09. The van der Waals surface area contributed by atoms with E-state index in [0.29, 0.717) is 5.16 Å². The maximum atomic E-state index is 12.9. The van der Waals surface area contributed by atoms with Crippen LogP contribution in [0, 0.1) is 6.92 Å². The van der Waals surface area contributed by atoms with Crippen LogP contribution in [0.3, 0.4) is 0 Å². The smallest absolute Gasteiger partial charge is 0.325 e. The van der Waals surface area contributed by atoms with Gasteiger partial charge in [0.25, 0.3) is 0 Å². The molecule has 0 atom stereocenters. The van der Waals surface area contributed by atoms with Crippen molar-refractivity contribution in [2.75, 3.05) is 11.1 Å². The number of hydrogen-bond acceptors (Lipinski definition) is 4. The summed E-state index contributed by atoms with van der Waals surface area (Å²) in [6.07, 6.45) is -1.59. The summed E-state index contributed by atoms with van der Waals surface area (Å²) in [5, 5.41) is 2.80. The van der Waals surface area contributed by atoms with Crippen molar-refractivity contribution in [3.63, 3.8) is 0 Å². The highest BCUT2D eigenvalue weighted by molar-refractivity contribution is 7.99. The molecule has 1 aliphatic rings. The normalized spacial score (nSPS) is 13.6. The van der Waals surface area contributed by atoms with E-state index in [1.807, 2.05) is 6.92 Å². The molecule has 132 valence electrons. The van der Waals surface area contributed by atoms with E-state index in [1.165, 1.54) is 23.8 Å². The summed E-state index contributed by atoms with van der Waals surface area (Å²) in [6, 6.07) is 4.91. The Bertz CT molecular complexity index is 808. The minimum atomic E-state index is -4.52. The van der Waals surface area contributed by atoms with Gasteiger partial charge in [-0.25, -0.2) is 9.97 Å². The van der Waals surface area contributed by atoms with Crippen LogP contribution in [0.15, 0.2) is 29.4 Å². The number of aryl methyl sites for hydroxylation is 2. The molecule has 0 saturated heterocycles. The number of nitrogens with one attached hydrogen (secondary N) is 1. The number of thioether (sulfide) groups is 1. The Balaban J connectivity index is 1.66. The predicted octanol–water partition coefficient (Wildman–Crippen LogP) is 4.02. The van der Waals surface area contributed by atoms with E-state index >= 15 is 0 Å². The Morgan fingerprint density at radius 2 is 2.00 bits per heavy atom. The fourth-order valence-corrected chi connectivity index (χ4v) is 3.52. The summed E-state index contributed by atoms with van der Waals surface area (Å²) in [5.74, 6) is -0.576. The van der Waals surface area contributed by atoms with E-state index in [-0.39, 0.29) is 11.4 Å². The predicted molar refractivity (Wildman–Crippen MR) is 89.6 cm³/mol. The van der Waals surface area contributed by atoms with Crippen molar-refractivity contribution in [2.45, 2.75) is 37.5 Å². The number of aromatic nitrogens is 2. The van der Waals surface area contributed by atoms with Crippen LogP contribution < -0.4 is 5.32 Å². The third-order valence-electron chi connectivity index (χ3n) is 3.96. The molecule has 0 aliphatic heterocycles. The second kappa shape index (κ2) is 7.03. The minimum Gasteiger partial charge on any atom is -0.325 e. The van der Waals surface area contributed by atoms with Gasteiger partial charge in [0, 0.05) is 11.4 Å². The number of hydrogen-bond donors (Lipinski definition) is 1. The summed E-state index contributed by atoms with van der Waals surface area (Å²) in [7, 11) is 0. The molecule has 25 heavy (non-hydrogen) atoms. The number of rotatable bonds is 4. The lowest BCUT2D eigenvalue weighted by Gasteiger charge is -2.13. The van der Waals surface area contributed by atoms with Gasteiger partial charge < -0.3 is 5.32 Å². The molecule has 0 radical (unpaired) electrons. The van der Waals surface area contributed by atoms with Crippen LogP contribution in [0.1, 0.15) is 28.9 Å². The number of para-hydroxylation sites is 1. The van der Waals surface area contributed by atoms with E-state index in [4.69, 9.17) is 0 Å². The Morgan fingerprint density at radius 3 is 2.76 bits per heavy atom. The number of amides is 1. The Kier molecular flexibility index (Phi) is 4.99. The average Bonchev–Trinajstić information content (AvgIpc) is 3.01. The molecule has 8 heteroatoms. The van der Waals surface area contributed by atoms with Crippen LogP contribution in [-0.4, -0.2) is 21.6 Å². The van der Waals surface area contributed by atoms with Crippen LogP contribution in [0.5, 0.6) is 0 Å². The Labute approximate surface area is 147 Å². The van der Waals surface area contributed by atoms with Crippen molar-refractivity contribution in [3.05, 3.63) is 46.8 Å². The van der Waals surface area contributed by atoms with Gasteiger partial charge in [0.2, 0.25) is 5.91 Å². The molecule has 0 unspecified atom stereocenters. The number of anilines is 1. The van der Waals surface area contributed by atoms with Crippen molar-refractivity contribution in [1.82, 2.24) is 9.97 Å². The van der Waals surface area contributed by atoms with Crippen LogP contribution >= 0.6 is 11.8 Å². The zero-order chi connectivity index (χ0) is 18.0. The molecule has 3 rings (SSSR count). The molecule has 2 aromatic rings. The molecular formula is C17H16F3N3OS. The van der Waals surface area contributed by atoms with Gasteiger partial charge in [-0.1, -0.05) is 23.9 Å². The van der Waals surface area contributed by atoms with Gasteiger partial charge in [0.15, 0.2) is 5.16 Å². The molecule has 0 fully saturated rings. The lowest BCUT2D eigenvalue weighted by molar-refractivity contribution is -0.137. The molecule has 1 N–H and O–H groups in total. The van der Waals surface area contributed by atoms with Crippen molar-refractivity contribution >= 4 is 23.4 Å². The number of nitrogens with zero attached hydrogens (tertiary/aromatic N) is 2. The molecule has 0 saturated carbocycles. The number of halogens is 3. The summed E-state index contributed by atoms with van der Waals surface area (Å²) in [5.41, 5.74) is 1.99. The van der Waals surface area contributed by atoms with Crippen molar-refractivity contribution in [2.24, 2.45) is 0 Å². The van der Waals surface area contributed by atoms with Gasteiger partial charge in [-0.2, -0.15) is 13.2 Å². The van der Waals surface area contributed by atoms with E-state index in [0.717, 1.165) is 48.5 Å². The number of alkyl halides is 3. The number of carbonyl (C=O) groups is 1. The Morgan fingerprint density at radius 1 is 1.24 bits per heavy atom. The zero-order valence-electron chi connectivity index (χ0n) is 13.5. The molecule has 4 nitrogen and oxygen atoms in total. The summed E-state index contributed by atoms with van der Waals surface area (Å²) in [6.45, 7) is 1.91. The van der Waals surface area contributed by atoms with E-state index in [1.54, 1.807) is 0 Å². The average molecular weight is 367 g/mol. The first kappa shape index (κ1) is 17.7. The second-order valence-corrected chi connectivity index (χ2v) is 6.69. The first-order valence-corrected chi connectivity index (χ1v) is 8.78. The van der Waals surface area contributed by atoms with Crippen molar-refractivity contribution in [1.29, 1.82) is 0 Å². The summed E-state index contributed by atoms with van der Waals surface area (Å²) in [4.78, 5) is 20.8. The van der Waals surface area contributed by atoms with Crippen LogP contribution in [0.2, 0.25) is 0 Å². The molecular weight excluding hydrogens is 351 g/mol. The largest absolute Gasteiger partial charge is 0.418 e. The van der Waals surface area contributed by atoms with Gasteiger partial charge in [0.1, 0.15) is 0 Å². The van der Waals surface area contributed by atoms with Crippen molar-refractivity contribution in [3.8, 4) is 0 Å². The topological polar surface area (TPSA) is 54.9 Å². The van der Waals surface area contributed by atoms with Gasteiger partial charge in [0.05, 0.1) is 17.0 Å². The number of fused-ring (bicyclic) bond motifs is 1. The van der Waals surface area contributed by atoms with Crippen LogP contribution in [-0.2, 0) is 23.8 Å². The second-order valence-electron chi connectivity index (χ2n) is 5.75. The summed E-state index contributed by atoms with van der Waals surface area (Å²) < 4.78 is 38.8. The fourth-order valence-electron chi connectivity index (χ4n) is 2.81. The van der Waals surface area contributed by atoms with E-state index in [9.17, 15) is 18.0 Å². The zero-order valence-corrected chi connectivity index (χ0v) is 14.3. The lowest BCUT2D eigenvalue weighted by Crippen LogP contribution is -2.18. The maximum absolute atomic E-state index is 12.9. The first-order valence-electron chi connectivity index (χ1n) is 7.80. The molecule has 0 spiro atoms. The molecule has 1 aromatic heterocycles. The standard InChI is InChI=1S/C17H16F3N3OS/c1-10-11-5-4-8-13(11)23-16(21-10)25-9-15(24)22-14-7-3-2-6-12(14)17(18,19)20/h2-3,6-7H,4-5,8-9H2,1H3,(H,22,24). The highest BCUT2D eigenvalue weighted by Crippen LogP contribution is 2.34. The van der Waals surface area contributed by atoms with Crippen LogP contribution in [0.25, 0.3) is 0 Å². The molecule has 1 heterocycles. The summed E-state index contributed by atoms with van der Waals surface area (Å²) >= 11 is 1.13. The van der Waals surface area contributed by atoms with Crippen molar-refractivity contribution < 1.29 is 18.0 Å². The highest BCUT2D eigenvalue weighted by Gasteiger charge is 2.33. The highest BCUT2D eigenvalue weighted by atomic mass is 32.2. The molecule has 1 aliphatic carbocycles. The molecule has 1 aromatic carbocycles. The first-order chi connectivity index (χ1) is 11.8. The third kappa shape index (κ3) is 4.12. The van der Waals surface area contributed by atoms with Gasteiger partial charge in [-0.05, 0) is 43.9 Å².